The van der Waals surface area contributed by atoms with Gasteiger partial charge in [-0.1, -0.05) is 30.8 Å². The summed E-state index contributed by atoms with van der Waals surface area (Å²) in [5.74, 6) is 3.43. The predicted octanol–water partition coefficient (Wildman–Crippen LogP) is 3.61. The summed E-state index contributed by atoms with van der Waals surface area (Å²) in [5, 5.41) is 14.4. The second kappa shape index (κ2) is 7.36. The van der Waals surface area contributed by atoms with Crippen molar-refractivity contribution in [1.82, 2.24) is 24.4 Å². The molecule has 4 aromatic rings. The van der Waals surface area contributed by atoms with Gasteiger partial charge in [0.1, 0.15) is 11.6 Å². The van der Waals surface area contributed by atoms with E-state index in [-0.39, 0.29) is 0 Å². The van der Waals surface area contributed by atoms with Crippen LogP contribution < -0.4 is 4.74 Å². The van der Waals surface area contributed by atoms with Crippen molar-refractivity contribution in [2.24, 2.45) is 5.10 Å². The molecule has 1 aliphatic rings. The summed E-state index contributed by atoms with van der Waals surface area (Å²) >= 11 is 1.65. The third-order valence-electron chi connectivity index (χ3n) is 5.01. The molecule has 0 atom stereocenters. The van der Waals surface area contributed by atoms with Gasteiger partial charge in [-0.3, -0.25) is 0 Å². The van der Waals surface area contributed by atoms with Crippen LogP contribution in [0.5, 0.6) is 5.75 Å². The topological polar surface area (TPSA) is 70.1 Å². The molecule has 2 aromatic heterocycles. The number of ether oxygens (including phenoxy) is 1. The van der Waals surface area contributed by atoms with Gasteiger partial charge in [-0.05, 0) is 42.0 Å². The van der Waals surface area contributed by atoms with Crippen LogP contribution in [0, 0.1) is 0 Å². The van der Waals surface area contributed by atoms with Crippen molar-refractivity contribution in [3.05, 3.63) is 65.7 Å². The van der Waals surface area contributed by atoms with E-state index in [1.807, 2.05) is 47.1 Å². The first-order chi connectivity index (χ1) is 14.3. The molecule has 0 bridgehead atoms. The van der Waals surface area contributed by atoms with E-state index < -0.39 is 0 Å². The summed E-state index contributed by atoms with van der Waals surface area (Å²) in [5.41, 5.74) is 4.17. The zero-order valence-electron chi connectivity index (χ0n) is 16.2. The van der Waals surface area contributed by atoms with Crippen molar-refractivity contribution < 1.29 is 4.74 Å². The molecule has 2 aromatic carbocycles. The third-order valence-corrected chi connectivity index (χ3v) is 5.94. The fourth-order valence-electron chi connectivity index (χ4n) is 3.50. The van der Waals surface area contributed by atoms with E-state index in [2.05, 4.69) is 27.8 Å². The highest BCUT2D eigenvalue weighted by atomic mass is 32.2. The number of para-hydroxylation sites is 2. The number of thioether (sulfide) groups is 1. The van der Waals surface area contributed by atoms with Gasteiger partial charge in [0.05, 0.1) is 30.4 Å². The number of hydrogen-bond acceptors (Lipinski definition) is 6. The fourth-order valence-corrected chi connectivity index (χ4v) is 4.36. The quantitative estimate of drug-likeness (QED) is 0.508. The van der Waals surface area contributed by atoms with E-state index in [1.165, 1.54) is 0 Å². The molecule has 0 unspecified atom stereocenters. The van der Waals surface area contributed by atoms with E-state index in [9.17, 15) is 0 Å². The first-order valence-corrected chi connectivity index (χ1v) is 10.5. The maximum Gasteiger partial charge on any atom is 0.212 e. The molecule has 0 N–H and O–H groups in total. The highest BCUT2D eigenvalue weighted by molar-refractivity contribution is 7.99. The summed E-state index contributed by atoms with van der Waals surface area (Å²) in [4.78, 5) is 4.76. The van der Waals surface area contributed by atoms with Gasteiger partial charge in [0, 0.05) is 12.2 Å². The highest BCUT2D eigenvalue weighted by Gasteiger charge is 2.21. The van der Waals surface area contributed by atoms with Gasteiger partial charge >= 0.3 is 0 Å². The highest BCUT2D eigenvalue weighted by Crippen LogP contribution is 2.26. The van der Waals surface area contributed by atoms with E-state index in [4.69, 9.17) is 14.8 Å². The molecule has 1 aliphatic heterocycles. The minimum absolute atomic E-state index is 0.580. The Morgan fingerprint density at radius 3 is 2.66 bits per heavy atom. The summed E-state index contributed by atoms with van der Waals surface area (Å²) < 4.78 is 9.32. The molecule has 0 saturated carbocycles. The van der Waals surface area contributed by atoms with E-state index in [0.29, 0.717) is 6.54 Å². The monoisotopic (exact) mass is 404 g/mol. The lowest BCUT2D eigenvalue weighted by atomic mass is 10.1. The summed E-state index contributed by atoms with van der Waals surface area (Å²) in [6, 6.07) is 16.2. The zero-order chi connectivity index (χ0) is 19.8. The van der Waals surface area contributed by atoms with Crippen LogP contribution in [0.2, 0.25) is 0 Å². The third kappa shape index (κ3) is 3.19. The van der Waals surface area contributed by atoms with Gasteiger partial charge in [0.15, 0.2) is 5.82 Å². The first kappa shape index (κ1) is 17.9. The molecule has 0 saturated heterocycles. The first-order valence-electron chi connectivity index (χ1n) is 9.50. The second-order valence-electron chi connectivity index (χ2n) is 6.73. The van der Waals surface area contributed by atoms with Gasteiger partial charge < -0.3 is 9.30 Å². The molecule has 0 spiro atoms. The average molecular weight is 404 g/mol. The van der Waals surface area contributed by atoms with Gasteiger partial charge in [-0.25, -0.2) is 4.98 Å². The lowest BCUT2D eigenvalue weighted by Gasteiger charge is -2.15. The van der Waals surface area contributed by atoms with Crippen LogP contribution in [0.25, 0.3) is 11.0 Å². The summed E-state index contributed by atoms with van der Waals surface area (Å²) in [7, 11) is 1.67. The van der Waals surface area contributed by atoms with E-state index in [0.717, 1.165) is 57.0 Å². The minimum Gasteiger partial charge on any atom is -0.497 e. The van der Waals surface area contributed by atoms with Crippen LogP contribution in [0.1, 0.15) is 24.1 Å². The normalized spacial score (nSPS) is 13.4. The fraction of sp³-hybridized carbons (Fsp3) is 0.238. The molecule has 0 aliphatic carbocycles. The van der Waals surface area contributed by atoms with Crippen molar-refractivity contribution in [3.63, 3.8) is 0 Å². The van der Waals surface area contributed by atoms with E-state index >= 15 is 0 Å². The molecule has 7 nitrogen and oxygen atoms in total. The van der Waals surface area contributed by atoms with Gasteiger partial charge in [0.2, 0.25) is 5.16 Å². The molecule has 0 amide bonds. The number of aromatic nitrogens is 5. The van der Waals surface area contributed by atoms with Crippen molar-refractivity contribution in [1.29, 1.82) is 0 Å². The Morgan fingerprint density at radius 1 is 1.03 bits per heavy atom. The van der Waals surface area contributed by atoms with Crippen LogP contribution >= 0.6 is 11.8 Å². The van der Waals surface area contributed by atoms with Crippen molar-refractivity contribution in [2.75, 3.05) is 12.9 Å². The standard InChI is InChI=1S/C21H20N6OS/c1-3-19-22-16-6-4-5-7-18(16)26(19)12-20-23-24-21-27(20)25-17(13-29-21)14-8-10-15(28-2)11-9-14/h4-11H,3,12-13H2,1-2H3. The lowest BCUT2D eigenvalue weighted by molar-refractivity contribution is 0.415. The Bertz CT molecular complexity index is 1210. The van der Waals surface area contributed by atoms with Crippen molar-refractivity contribution in [3.8, 4) is 5.75 Å². The number of nitrogens with zero attached hydrogens (tertiary/aromatic N) is 6. The number of methoxy groups -OCH3 is 1. The smallest absolute Gasteiger partial charge is 0.212 e. The number of fused-ring (bicyclic) bond motifs is 2. The van der Waals surface area contributed by atoms with Gasteiger partial charge in [0.25, 0.3) is 0 Å². The molecular weight excluding hydrogens is 384 g/mol. The lowest BCUT2D eigenvalue weighted by Crippen LogP contribution is -2.16. The zero-order valence-corrected chi connectivity index (χ0v) is 17.1. The number of rotatable bonds is 5. The largest absolute Gasteiger partial charge is 0.497 e. The van der Waals surface area contributed by atoms with Gasteiger partial charge in [-0.2, -0.15) is 9.78 Å². The van der Waals surface area contributed by atoms with E-state index in [1.54, 1.807) is 18.9 Å². The number of imidazole rings is 1. The molecule has 29 heavy (non-hydrogen) atoms. The molecule has 146 valence electrons. The SMILES string of the molecule is CCc1nc2ccccc2n1Cc1nnc2n1N=C(c1ccc(OC)cc1)CS2. The molecule has 5 rings (SSSR count). The maximum atomic E-state index is 5.26. The summed E-state index contributed by atoms with van der Waals surface area (Å²) in [6.07, 6.45) is 0.852. The molecule has 8 heteroatoms. The minimum atomic E-state index is 0.580. The molecular formula is C21H20N6OS. The summed E-state index contributed by atoms with van der Waals surface area (Å²) in [6.45, 7) is 2.70. The van der Waals surface area contributed by atoms with Gasteiger partial charge in [-0.15, -0.1) is 10.2 Å². The predicted molar refractivity (Wildman–Crippen MR) is 114 cm³/mol. The number of aryl methyl sites for hydroxylation is 1. The number of hydrogen-bond donors (Lipinski definition) is 0. The maximum absolute atomic E-state index is 5.26. The second-order valence-corrected chi connectivity index (χ2v) is 7.67. The molecule has 0 radical (unpaired) electrons. The number of benzene rings is 2. The van der Waals surface area contributed by atoms with Crippen molar-refractivity contribution in [2.45, 2.75) is 25.0 Å². The average Bonchev–Trinajstić information content (AvgIpc) is 3.35. The van der Waals surface area contributed by atoms with Crippen molar-refractivity contribution >= 4 is 28.5 Å². The van der Waals surface area contributed by atoms with Crippen LogP contribution in [0.4, 0.5) is 0 Å². The molecule has 3 heterocycles. The Morgan fingerprint density at radius 2 is 1.86 bits per heavy atom. The molecule has 0 fully saturated rings. The van der Waals surface area contributed by atoms with Crippen LogP contribution in [0.3, 0.4) is 0 Å². The van der Waals surface area contributed by atoms with Crippen LogP contribution in [0.15, 0.2) is 58.8 Å². The Kier molecular flexibility index (Phi) is 4.55. The Balaban J connectivity index is 1.52. The van der Waals surface area contributed by atoms with Crippen LogP contribution in [-0.2, 0) is 13.0 Å². The van der Waals surface area contributed by atoms with Crippen LogP contribution in [-0.4, -0.2) is 43.0 Å². The Hall–Kier alpha value is -3.13. The Labute approximate surface area is 172 Å².